The molecule has 0 amide bonds. The first-order chi connectivity index (χ1) is 5.36. The van der Waals surface area contributed by atoms with Gasteiger partial charge in [-0.3, -0.25) is 5.43 Å². The van der Waals surface area contributed by atoms with Crippen LogP contribution in [0.1, 0.15) is 16.0 Å². The Morgan fingerprint density at radius 2 is 2.55 bits per heavy atom. The predicted octanol–water partition coefficient (Wildman–Crippen LogP) is 1.62. The Bertz CT molecular complexity index is 274. The number of thiophene rings is 1. The molecule has 0 bridgehead atoms. The van der Waals surface area contributed by atoms with Gasteiger partial charge in [-0.15, -0.1) is 16.4 Å². The molecule has 0 spiro atoms. The maximum Gasteiger partial charge on any atom is 0.221 e. The second-order valence-electron chi connectivity index (χ2n) is 2.33. The molecule has 0 aromatic carbocycles. The molecule has 0 radical (unpaired) electrons. The molecule has 1 aromatic heterocycles. The summed E-state index contributed by atoms with van der Waals surface area (Å²) in [6.45, 7) is 2.07. The Morgan fingerprint density at radius 3 is 3.09 bits per heavy atom. The van der Waals surface area contributed by atoms with Gasteiger partial charge in [0.15, 0.2) is 6.40 Å². The summed E-state index contributed by atoms with van der Waals surface area (Å²) in [6.07, 6.45) is 1.37. The number of ether oxygens (including phenoxy) is 1. The third kappa shape index (κ3) is 1.21. The molecule has 0 fully saturated rings. The summed E-state index contributed by atoms with van der Waals surface area (Å²) in [5, 5.41) is 3.76. The lowest BCUT2D eigenvalue weighted by Gasteiger charge is -2.05. The predicted molar refractivity (Wildman–Crippen MR) is 44.5 cm³/mol. The average Bonchev–Trinajstić information content (AvgIpc) is 2.55. The van der Waals surface area contributed by atoms with E-state index in [1.165, 1.54) is 16.2 Å². The first-order valence-corrected chi connectivity index (χ1v) is 4.17. The van der Waals surface area contributed by atoms with Gasteiger partial charge in [0.25, 0.3) is 0 Å². The smallest absolute Gasteiger partial charge is 0.221 e. The van der Waals surface area contributed by atoms with E-state index in [4.69, 9.17) is 4.74 Å². The Morgan fingerprint density at radius 1 is 1.64 bits per heavy atom. The van der Waals surface area contributed by atoms with E-state index in [2.05, 4.69) is 23.5 Å². The molecule has 0 saturated heterocycles. The van der Waals surface area contributed by atoms with Crippen molar-refractivity contribution < 1.29 is 4.74 Å². The molecule has 1 aromatic rings. The van der Waals surface area contributed by atoms with Crippen LogP contribution in [0.5, 0.6) is 0 Å². The zero-order chi connectivity index (χ0) is 7.68. The van der Waals surface area contributed by atoms with E-state index in [-0.39, 0.29) is 6.23 Å². The lowest BCUT2D eigenvalue weighted by molar-refractivity contribution is 0.203. The molecule has 0 saturated carbocycles. The van der Waals surface area contributed by atoms with E-state index in [1.54, 1.807) is 11.3 Å². The van der Waals surface area contributed by atoms with E-state index >= 15 is 0 Å². The summed E-state index contributed by atoms with van der Waals surface area (Å²) in [5.41, 5.74) is 2.84. The highest BCUT2D eigenvalue weighted by Gasteiger charge is 2.15. The quantitative estimate of drug-likeness (QED) is 0.691. The minimum Gasteiger partial charge on any atom is -0.452 e. The molecular weight excluding hydrogens is 160 g/mol. The van der Waals surface area contributed by atoms with Gasteiger partial charge in [0.2, 0.25) is 6.23 Å². The molecule has 58 valence electrons. The van der Waals surface area contributed by atoms with Crippen molar-refractivity contribution in [3.05, 3.63) is 21.9 Å². The molecule has 11 heavy (non-hydrogen) atoms. The Labute approximate surface area is 68.7 Å². The highest BCUT2D eigenvalue weighted by atomic mass is 32.1. The lowest BCUT2D eigenvalue weighted by atomic mass is 10.4. The average molecular weight is 168 g/mol. The molecule has 1 unspecified atom stereocenters. The van der Waals surface area contributed by atoms with Gasteiger partial charge in [0.1, 0.15) is 0 Å². The zero-order valence-electron chi connectivity index (χ0n) is 6.07. The van der Waals surface area contributed by atoms with Gasteiger partial charge >= 0.3 is 0 Å². The van der Waals surface area contributed by atoms with Gasteiger partial charge in [0.05, 0.1) is 4.88 Å². The van der Waals surface area contributed by atoms with Crippen LogP contribution in [0.3, 0.4) is 0 Å². The van der Waals surface area contributed by atoms with Crippen molar-refractivity contribution in [1.82, 2.24) is 5.43 Å². The van der Waals surface area contributed by atoms with Crippen LogP contribution in [0.25, 0.3) is 0 Å². The topological polar surface area (TPSA) is 33.6 Å². The molecule has 3 nitrogen and oxygen atoms in total. The number of hydrogen-bond donors (Lipinski definition) is 1. The van der Waals surface area contributed by atoms with E-state index in [9.17, 15) is 0 Å². The van der Waals surface area contributed by atoms with E-state index < -0.39 is 0 Å². The number of nitrogens with zero attached hydrogens (tertiary/aromatic N) is 1. The summed E-state index contributed by atoms with van der Waals surface area (Å²) in [4.78, 5) is 2.46. The zero-order valence-corrected chi connectivity index (χ0v) is 6.89. The second kappa shape index (κ2) is 2.54. The monoisotopic (exact) mass is 168 g/mol. The SMILES string of the molecule is Cc1ccc(C2NN=CO2)s1. The summed E-state index contributed by atoms with van der Waals surface area (Å²) in [5.74, 6) is 0. The number of nitrogens with one attached hydrogen (secondary N) is 1. The highest BCUT2D eigenvalue weighted by molar-refractivity contribution is 7.12. The van der Waals surface area contributed by atoms with Crippen LogP contribution in [0.15, 0.2) is 17.2 Å². The van der Waals surface area contributed by atoms with Crippen LogP contribution in [-0.4, -0.2) is 6.40 Å². The minimum absolute atomic E-state index is 0.0614. The Balaban J connectivity index is 2.17. The standard InChI is InChI=1S/C7H8N2OS/c1-5-2-3-6(11-5)7-9-8-4-10-7/h2-4,7,9H,1H3. The summed E-state index contributed by atoms with van der Waals surface area (Å²) < 4.78 is 5.16. The molecule has 1 atom stereocenters. The van der Waals surface area contributed by atoms with Gasteiger partial charge in [-0.25, -0.2) is 0 Å². The van der Waals surface area contributed by atoms with Crippen molar-refractivity contribution in [2.45, 2.75) is 13.2 Å². The van der Waals surface area contributed by atoms with Gasteiger partial charge in [-0.1, -0.05) is 0 Å². The molecule has 2 rings (SSSR count). The first-order valence-electron chi connectivity index (χ1n) is 3.35. The maximum absolute atomic E-state index is 5.16. The normalized spacial score (nSPS) is 21.4. The third-order valence-electron chi connectivity index (χ3n) is 1.46. The molecule has 0 aliphatic carbocycles. The first kappa shape index (κ1) is 6.67. The van der Waals surface area contributed by atoms with Crippen molar-refractivity contribution in [1.29, 1.82) is 0 Å². The molecule has 4 heteroatoms. The Hall–Kier alpha value is -1.03. The second-order valence-corrected chi connectivity index (χ2v) is 3.65. The summed E-state index contributed by atoms with van der Waals surface area (Å²) in [6, 6.07) is 4.12. The van der Waals surface area contributed by atoms with Gasteiger partial charge in [0, 0.05) is 4.88 Å². The van der Waals surface area contributed by atoms with Crippen LogP contribution >= 0.6 is 11.3 Å². The largest absolute Gasteiger partial charge is 0.452 e. The van der Waals surface area contributed by atoms with Crippen LogP contribution in [0.2, 0.25) is 0 Å². The van der Waals surface area contributed by atoms with Crippen molar-refractivity contribution in [3.8, 4) is 0 Å². The van der Waals surface area contributed by atoms with Crippen LogP contribution < -0.4 is 5.43 Å². The van der Waals surface area contributed by atoms with Crippen LogP contribution in [0.4, 0.5) is 0 Å². The fourth-order valence-corrected chi connectivity index (χ4v) is 1.80. The van der Waals surface area contributed by atoms with Gasteiger partial charge in [-0.2, -0.15) is 0 Å². The fourth-order valence-electron chi connectivity index (χ4n) is 0.945. The van der Waals surface area contributed by atoms with Gasteiger partial charge in [-0.05, 0) is 19.1 Å². The molecular formula is C7H8N2OS. The molecule has 1 aliphatic rings. The number of hydrogen-bond acceptors (Lipinski definition) is 4. The minimum atomic E-state index is -0.0614. The summed E-state index contributed by atoms with van der Waals surface area (Å²) >= 11 is 1.72. The maximum atomic E-state index is 5.16. The van der Waals surface area contributed by atoms with Crippen LogP contribution in [0, 0.1) is 6.92 Å². The fraction of sp³-hybridized carbons (Fsp3) is 0.286. The van der Waals surface area contributed by atoms with Crippen molar-refractivity contribution in [3.63, 3.8) is 0 Å². The summed E-state index contributed by atoms with van der Waals surface area (Å²) in [7, 11) is 0. The lowest BCUT2D eigenvalue weighted by Crippen LogP contribution is -2.09. The van der Waals surface area contributed by atoms with Crippen molar-refractivity contribution in [2.75, 3.05) is 0 Å². The van der Waals surface area contributed by atoms with Crippen LogP contribution in [-0.2, 0) is 4.74 Å². The van der Waals surface area contributed by atoms with Gasteiger partial charge < -0.3 is 4.74 Å². The third-order valence-corrected chi connectivity index (χ3v) is 2.50. The van der Waals surface area contributed by atoms with E-state index in [0.29, 0.717) is 0 Å². The number of hydrazone groups is 1. The van der Waals surface area contributed by atoms with Crippen molar-refractivity contribution >= 4 is 17.7 Å². The number of rotatable bonds is 1. The molecule has 1 N–H and O–H groups in total. The molecule has 2 heterocycles. The highest BCUT2D eigenvalue weighted by Crippen LogP contribution is 2.24. The van der Waals surface area contributed by atoms with E-state index in [0.717, 1.165) is 0 Å². The Kier molecular flexibility index (Phi) is 1.54. The number of aryl methyl sites for hydroxylation is 1. The van der Waals surface area contributed by atoms with E-state index in [1.807, 2.05) is 6.07 Å². The van der Waals surface area contributed by atoms with Crippen molar-refractivity contribution in [2.24, 2.45) is 5.10 Å². The molecule has 1 aliphatic heterocycles.